The fraction of sp³-hybridized carbons (Fsp3) is 0.545. The number of benzene rings is 3. The van der Waals surface area contributed by atoms with Gasteiger partial charge in [-0.05, 0) is 142 Å². The zero-order valence-corrected chi connectivity index (χ0v) is 30.4. The molecule has 2 saturated carbocycles. The SMILES string of the molecule is CCCCCC1CCC(C2CCC(C(=O)Oc3ccc(OC(=O)c4ccc(-c5ccc(OCCCCCCO)cc5)cc4)cc3C)CC2)CC1. The molecule has 0 unspecified atom stereocenters. The van der Waals surface area contributed by atoms with Crippen molar-refractivity contribution in [3.05, 3.63) is 77.9 Å². The molecule has 0 bridgehead atoms. The summed E-state index contributed by atoms with van der Waals surface area (Å²) >= 11 is 0. The molecule has 2 aliphatic rings. The lowest BCUT2D eigenvalue weighted by Crippen LogP contribution is -2.30. The number of hydrogen-bond acceptors (Lipinski definition) is 6. The van der Waals surface area contributed by atoms with Crippen molar-refractivity contribution in [2.45, 2.75) is 117 Å². The second-order valence-corrected chi connectivity index (χ2v) is 14.7. The molecular weight excluding hydrogens is 624 g/mol. The van der Waals surface area contributed by atoms with Crippen LogP contribution < -0.4 is 14.2 Å². The number of aryl methyl sites for hydroxylation is 1. The molecule has 0 amide bonds. The van der Waals surface area contributed by atoms with E-state index in [1.807, 2.05) is 43.3 Å². The van der Waals surface area contributed by atoms with Crippen molar-refractivity contribution < 1.29 is 28.9 Å². The van der Waals surface area contributed by atoms with Crippen LogP contribution >= 0.6 is 0 Å². The second kappa shape index (κ2) is 19.7. The maximum atomic E-state index is 13.1. The third-order valence-corrected chi connectivity index (χ3v) is 11.1. The van der Waals surface area contributed by atoms with Gasteiger partial charge in [-0.2, -0.15) is 0 Å². The molecule has 0 spiro atoms. The van der Waals surface area contributed by atoms with Crippen molar-refractivity contribution in [1.82, 2.24) is 0 Å². The Kier molecular flexibility index (Phi) is 14.8. The summed E-state index contributed by atoms with van der Waals surface area (Å²) in [5, 5.41) is 8.88. The van der Waals surface area contributed by atoms with Crippen LogP contribution in [0.2, 0.25) is 0 Å². The molecule has 50 heavy (non-hydrogen) atoms. The highest BCUT2D eigenvalue weighted by atomic mass is 16.5. The zero-order chi connectivity index (χ0) is 35.1. The number of esters is 2. The summed E-state index contributed by atoms with van der Waals surface area (Å²) in [4.78, 5) is 26.1. The van der Waals surface area contributed by atoms with E-state index in [9.17, 15) is 9.59 Å². The Morgan fingerprint density at radius 3 is 1.94 bits per heavy atom. The van der Waals surface area contributed by atoms with E-state index >= 15 is 0 Å². The largest absolute Gasteiger partial charge is 0.494 e. The molecule has 2 aliphatic carbocycles. The summed E-state index contributed by atoms with van der Waals surface area (Å²) in [5.41, 5.74) is 3.24. The molecule has 0 aromatic heterocycles. The highest BCUT2D eigenvalue weighted by molar-refractivity contribution is 5.91. The summed E-state index contributed by atoms with van der Waals surface area (Å²) < 4.78 is 17.4. The number of rotatable bonds is 17. The van der Waals surface area contributed by atoms with Crippen LogP contribution in [0.15, 0.2) is 66.7 Å². The first-order valence-electron chi connectivity index (χ1n) is 19.4. The Hall–Kier alpha value is -3.64. The highest BCUT2D eigenvalue weighted by Gasteiger charge is 2.33. The molecule has 0 radical (unpaired) electrons. The first-order chi connectivity index (χ1) is 24.4. The van der Waals surface area contributed by atoms with Crippen LogP contribution in [0.3, 0.4) is 0 Å². The van der Waals surface area contributed by atoms with Gasteiger partial charge in [-0.1, -0.05) is 76.1 Å². The van der Waals surface area contributed by atoms with Crippen molar-refractivity contribution in [3.63, 3.8) is 0 Å². The van der Waals surface area contributed by atoms with Gasteiger partial charge in [0.05, 0.1) is 18.1 Å². The van der Waals surface area contributed by atoms with Gasteiger partial charge in [-0.15, -0.1) is 0 Å². The van der Waals surface area contributed by atoms with Gasteiger partial charge in [0, 0.05) is 6.61 Å². The predicted molar refractivity (Wildman–Crippen MR) is 200 cm³/mol. The first kappa shape index (κ1) is 37.6. The number of ether oxygens (including phenoxy) is 3. The van der Waals surface area contributed by atoms with Crippen molar-refractivity contribution in [1.29, 1.82) is 0 Å². The van der Waals surface area contributed by atoms with E-state index in [1.54, 1.807) is 30.3 Å². The zero-order valence-electron chi connectivity index (χ0n) is 30.4. The molecule has 0 heterocycles. The lowest BCUT2D eigenvalue weighted by atomic mass is 9.68. The van der Waals surface area contributed by atoms with Gasteiger partial charge >= 0.3 is 11.9 Å². The van der Waals surface area contributed by atoms with E-state index in [4.69, 9.17) is 19.3 Å². The van der Waals surface area contributed by atoms with Crippen LogP contribution in [0.4, 0.5) is 0 Å². The van der Waals surface area contributed by atoms with Gasteiger partial charge in [0.2, 0.25) is 0 Å². The predicted octanol–water partition coefficient (Wildman–Crippen LogP) is 10.9. The van der Waals surface area contributed by atoms with Gasteiger partial charge in [0.1, 0.15) is 17.2 Å². The maximum absolute atomic E-state index is 13.1. The van der Waals surface area contributed by atoms with E-state index < -0.39 is 5.97 Å². The first-order valence-corrected chi connectivity index (χ1v) is 19.4. The van der Waals surface area contributed by atoms with Crippen molar-refractivity contribution in [2.75, 3.05) is 13.2 Å². The molecule has 270 valence electrons. The van der Waals surface area contributed by atoms with E-state index in [0.29, 0.717) is 23.7 Å². The Labute approximate surface area is 299 Å². The molecule has 3 aromatic carbocycles. The molecule has 0 saturated heterocycles. The van der Waals surface area contributed by atoms with Crippen LogP contribution in [0.5, 0.6) is 17.2 Å². The van der Waals surface area contributed by atoms with Crippen molar-refractivity contribution in [2.24, 2.45) is 23.7 Å². The summed E-state index contributed by atoms with van der Waals surface area (Å²) in [6.07, 6.45) is 19.0. The van der Waals surface area contributed by atoms with Gasteiger partial charge < -0.3 is 19.3 Å². The third-order valence-electron chi connectivity index (χ3n) is 11.1. The number of aliphatic hydroxyl groups is 1. The fourth-order valence-electron chi connectivity index (χ4n) is 7.92. The maximum Gasteiger partial charge on any atom is 0.343 e. The molecule has 2 fully saturated rings. The lowest BCUT2D eigenvalue weighted by Gasteiger charge is -2.37. The van der Waals surface area contributed by atoms with Crippen molar-refractivity contribution in [3.8, 4) is 28.4 Å². The minimum Gasteiger partial charge on any atom is -0.494 e. The molecule has 5 rings (SSSR count). The summed E-state index contributed by atoms with van der Waals surface area (Å²) in [5.74, 6) is 3.70. The molecule has 3 aromatic rings. The molecule has 6 nitrogen and oxygen atoms in total. The summed E-state index contributed by atoms with van der Waals surface area (Å²) in [6.45, 7) is 5.07. The van der Waals surface area contributed by atoms with Crippen LogP contribution in [-0.4, -0.2) is 30.3 Å². The Morgan fingerprint density at radius 1 is 0.680 bits per heavy atom. The van der Waals surface area contributed by atoms with Gasteiger partial charge in [0.25, 0.3) is 0 Å². The quantitative estimate of drug-likeness (QED) is 0.0867. The number of carbonyl (C=O) groups excluding carboxylic acids is 2. The van der Waals surface area contributed by atoms with Crippen LogP contribution in [-0.2, 0) is 4.79 Å². The molecule has 0 aliphatic heterocycles. The average molecular weight is 683 g/mol. The van der Waals surface area contributed by atoms with Crippen molar-refractivity contribution >= 4 is 11.9 Å². The van der Waals surface area contributed by atoms with E-state index in [2.05, 4.69) is 6.92 Å². The number of unbranched alkanes of at least 4 members (excludes halogenated alkanes) is 5. The van der Waals surface area contributed by atoms with Gasteiger partial charge in [-0.25, -0.2) is 4.79 Å². The average Bonchev–Trinajstić information content (AvgIpc) is 3.15. The number of aliphatic hydroxyl groups excluding tert-OH is 1. The Balaban J connectivity index is 1.04. The minimum atomic E-state index is -0.440. The third kappa shape index (κ3) is 11.2. The molecular formula is C44H58O6. The molecule has 6 heteroatoms. The Bertz CT molecular complexity index is 1460. The van der Waals surface area contributed by atoms with E-state index in [1.165, 1.54) is 51.4 Å². The second-order valence-electron chi connectivity index (χ2n) is 14.7. The topological polar surface area (TPSA) is 82.1 Å². The number of carbonyl (C=O) groups is 2. The lowest BCUT2D eigenvalue weighted by molar-refractivity contribution is -0.140. The monoisotopic (exact) mass is 682 g/mol. The Morgan fingerprint density at radius 2 is 1.30 bits per heavy atom. The standard InChI is InChI=1S/C44H58O6/c1-3-4-7-10-33-11-13-34(14-12-33)35-17-21-39(22-18-35)44(47)50-42-28-27-41(31-32(42)2)49-43(46)38-19-15-36(16-20-38)37-23-25-40(26-24-37)48-30-9-6-5-8-29-45/h15-16,19-20,23-28,31,33-35,39,45H,3-14,17-18,21-22,29-30H2,1-2H3. The summed E-state index contributed by atoms with van der Waals surface area (Å²) in [7, 11) is 0. The fourth-order valence-corrected chi connectivity index (χ4v) is 7.92. The molecule has 1 N–H and O–H groups in total. The smallest absolute Gasteiger partial charge is 0.343 e. The normalized spacial score (nSPS) is 20.6. The van der Waals surface area contributed by atoms with Crippen LogP contribution in [0, 0.1) is 30.6 Å². The minimum absolute atomic E-state index is 0.0408. The molecule has 0 atom stereocenters. The van der Waals surface area contributed by atoms with Gasteiger partial charge in [-0.3, -0.25) is 4.79 Å². The highest BCUT2D eigenvalue weighted by Crippen LogP contribution is 2.42. The summed E-state index contributed by atoms with van der Waals surface area (Å²) in [6, 6.07) is 20.5. The van der Waals surface area contributed by atoms with E-state index in [-0.39, 0.29) is 18.5 Å². The number of hydrogen-bond donors (Lipinski definition) is 1. The van der Waals surface area contributed by atoms with Gasteiger partial charge in [0.15, 0.2) is 0 Å². The van der Waals surface area contributed by atoms with E-state index in [0.717, 1.165) is 91.6 Å². The van der Waals surface area contributed by atoms with Crippen LogP contribution in [0.1, 0.15) is 126 Å². The van der Waals surface area contributed by atoms with Crippen LogP contribution in [0.25, 0.3) is 11.1 Å².